The summed E-state index contributed by atoms with van der Waals surface area (Å²) in [6.07, 6.45) is 1.50. The zero-order valence-corrected chi connectivity index (χ0v) is 14.9. The largest absolute Gasteiger partial charge is 0.493 e. The van der Waals surface area contributed by atoms with E-state index < -0.39 is 0 Å². The van der Waals surface area contributed by atoms with Crippen LogP contribution in [0.3, 0.4) is 0 Å². The lowest BCUT2D eigenvalue weighted by Gasteiger charge is -2.15. The van der Waals surface area contributed by atoms with E-state index in [1.807, 2.05) is 36.4 Å². The van der Waals surface area contributed by atoms with E-state index in [2.05, 4.69) is 0 Å². The molecule has 134 valence electrons. The number of hydrogen-bond donors (Lipinski definition) is 0. The van der Waals surface area contributed by atoms with Crippen molar-refractivity contribution in [1.82, 2.24) is 0 Å². The van der Waals surface area contributed by atoms with Crippen molar-refractivity contribution < 1.29 is 23.7 Å². The van der Waals surface area contributed by atoms with Crippen molar-refractivity contribution in [3.05, 3.63) is 53.6 Å². The van der Waals surface area contributed by atoms with E-state index in [-0.39, 0.29) is 12.4 Å². The third-order valence-corrected chi connectivity index (χ3v) is 3.88. The Morgan fingerprint density at radius 1 is 0.840 bits per heavy atom. The van der Waals surface area contributed by atoms with Crippen molar-refractivity contribution in [2.45, 2.75) is 19.3 Å². The van der Waals surface area contributed by atoms with E-state index in [0.29, 0.717) is 36.7 Å². The van der Waals surface area contributed by atoms with Gasteiger partial charge in [0.2, 0.25) is 5.75 Å². The Bertz CT molecular complexity index is 682. The lowest BCUT2D eigenvalue weighted by Crippen LogP contribution is -2.09. The number of hydrogen-bond acceptors (Lipinski definition) is 5. The number of carbonyl (C=O) groups is 1. The Balaban J connectivity index is 1.89. The molecule has 0 aliphatic carbocycles. The maximum Gasteiger partial charge on any atom is 0.306 e. The summed E-state index contributed by atoms with van der Waals surface area (Å²) in [4.78, 5) is 12.0. The highest BCUT2D eigenvalue weighted by atomic mass is 16.5. The quantitative estimate of drug-likeness (QED) is 0.652. The molecule has 0 saturated carbocycles. The van der Waals surface area contributed by atoms with Gasteiger partial charge in [0.25, 0.3) is 0 Å². The molecule has 0 bridgehead atoms. The predicted octanol–water partition coefficient (Wildman–Crippen LogP) is 3.43. The molecule has 0 atom stereocenters. The van der Waals surface area contributed by atoms with E-state index in [4.69, 9.17) is 18.9 Å². The van der Waals surface area contributed by atoms with Crippen molar-refractivity contribution >= 4 is 5.97 Å². The summed E-state index contributed by atoms with van der Waals surface area (Å²) in [5, 5.41) is 0. The van der Waals surface area contributed by atoms with Crippen LogP contribution in [0.5, 0.6) is 17.2 Å². The fraction of sp³-hybridized carbons (Fsp3) is 0.350. The van der Waals surface area contributed by atoms with Gasteiger partial charge in [-0.1, -0.05) is 36.4 Å². The second-order valence-electron chi connectivity index (χ2n) is 5.45. The van der Waals surface area contributed by atoms with Crippen LogP contribution in [0.4, 0.5) is 0 Å². The lowest BCUT2D eigenvalue weighted by atomic mass is 10.1. The Morgan fingerprint density at radius 3 is 2.20 bits per heavy atom. The summed E-state index contributed by atoms with van der Waals surface area (Å²) >= 11 is 0. The van der Waals surface area contributed by atoms with Gasteiger partial charge in [0.1, 0.15) is 0 Å². The van der Waals surface area contributed by atoms with Crippen LogP contribution in [0.25, 0.3) is 0 Å². The molecule has 5 nitrogen and oxygen atoms in total. The number of esters is 1. The van der Waals surface area contributed by atoms with Gasteiger partial charge in [-0.2, -0.15) is 0 Å². The Kier molecular flexibility index (Phi) is 7.14. The Morgan fingerprint density at radius 2 is 1.56 bits per heavy atom. The molecule has 0 saturated heterocycles. The summed E-state index contributed by atoms with van der Waals surface area (Å²) < 4.78 is 21.3. The van der Waals surface area contributed by atoms with Gasteiger partial charge in [-0.3, -0.25) is 4.79 Å². The fourth-order valence-electron chi connectivity index (χ4n) is 2.60. The van der Waals surface area contributed by atoms with Crippen LogP contribution in [0, 0.1) is 0 Å². The van der Waals surface area contributed by atoms with Crippen LogP contribution in [0.2, 0.25) is 0 Å². The van der Waals surface area contributed by atoms with Crippen LogP contribution >= 0.6 is 0 Å². The minimum Gasteiger partial charge on any atom is -0.493 e. The molecule has 0 unspecified atom stereocenters. The first kappa shape index (κ1) is 18.6. The third-order valence-electron chi connectivity index (χ3n) is 3.88. The molecule has 5 heteroatoms. The zero-order valence-electron chi connectivity index (χ0n) is 14.9. The molecule has 2 rings (SSSR count). The highest BCUT2D eigenvalue weighted by molar-refractivity contribution is 5.70. The van der Waals surface area contributed by atoms with E-state index in [1.54, 1.807) is 27.4 Å². The molecule has 0 aliphatic heterocycles. The minimum atomic E-state index is -0.229. The van der Waals surface area contributed by atoms with Crippen LogP contribution in [-0.4, -0.2) is 33.9 Å². The molecule has 2 aromatic rings. The standard InChI is InChI=1S/C20H24O5/c1-22-17-11-9-16(19(23-2)20(17)24-3)10-12-18(21)25-14-13-15-7-5-4-6-8-15/h4-9,11H,10,12-14H2,1-3H3. The molecule has 0 radical (unpaired) electrons. The number of methoxy groups -OCH3 is 3. The van der Waals surface area contributed by atoms with Crippen molar-refractivity contribution in [3.8, 4) is 17.2 Å². The smallest absolute Gasteiger partial charge is 0.306 e. The van der Waals surface area contributed by atoms with Gasteiger partial charge < -0.3 is 18.9 Å². The highest BCUT2D eigenvalue weighted by Gasteiger charge is 2.16. The first-order chi connectivity index (χ1) is 12.2. The van der Waals surface area contributed by atoms with Gasteiger partial charge in [0.05, 0.1) is 27.9 Å². The van der Waals surface area contributed by atoms with Crippen LogP contribution in [-0.2, 0) is 22.4 Å². The van der Waals surface area contributed by atoms with Crippen LogP contribution < -0.4 is 14.2 Å². The Labute approximate surface area is 148 Å². The topological polar surface area (TPSA) is 54.0 Å². The molecular formula is C20H24O5. The van der Waals surface area contributed by atoms with Crippen LogP contribution in [0.15, 0.2) is 42.5 Å². The molecule has 0 N–H and O–H groups in total. The molecule has 0 fully saturated rings. The maximum atomic E-state index is 12.0. The van der Waals surface area contributed by atoms with Crippen LogP contribution in [0.1, 0.15) is 17.5 Å². The van der Waals surface area contributed by atoms with Gasteiger partial charge in [-0.05, 0) is 23.6 Å². The van der Waals surface area contributed by atoms with E-state index in [1.165, 1.54) is 0 Å². The summed E-state index contributed by atoms with van der Waals surface area (Å²) in [6, 6.07) is 13.6. The van der Waals surface area contributed by atoms with Gasteiger partial charge in [0, 0.05) is 12.8 Å². The molecule has 0 heterocycles. The molecular weight excluding hydrogens is 320 g/mol. The second-order valence-corrected chi connectivity index (χ2v) is 5.45. The fourth-order valence-corrected chi connectivity index (χ4v) is 2.60. The van der Waals surface area contributed by atoms with Crippen molar-refractivity contribution in [1.29, 1.82) is 0 Å². The summed E-state index contributed by atoms with van der Waals surface area (Å²) in [5.41, 5.74) is 2.03. The van der Waals surface area contributed by atoms with Gasteiger partial charge >= 0.3 is 5.97 Å². The normalized spacial score (nSPS) is 10.2. The van der Waals surface area contributed by atoms with Gasteiger partial charge in [-0.25, -0.2) is 0 Å². The van der Waals surface area contributed by atoms with E-state index in [9.17, 15) is 4.79 Å². The van der Waals surface area contributed by atoms with Gasteiger partial charge in [-0.15, -0.1) is 0 Å². The van der Waals surface area contributed by atoms with Crippen molar-refractivity contribution in [3.63, 3.8) is 0 Å². The monoisotopic (exact) mass is 344 g/mol. The molecule has 25 heavy (non-hydrogen) atoms. The summed E-state index contributed by atoms with van der Waals surface area (Å²) in [6.45, 7) is 0.381. The summed E-state index contributed by atoms with van der Waals surface area (Å²) in [5.74, 6) is 1.47. The lowest BCUT2D eigenvalue weighted by molar-refractivity contribution is -0.143. The minimum absolute atomic E-state index is 0.229. The number of carbonyl (C=O) groups excluding carboxylic acids is 1. The SMILES string of the molecule is COc1ccc(CCC(=O)OCCc2ccccc2)c(OC)c1OC. The van der Waals surface area contributed by atoms with E-state index in [0.717, 1.165) is 11.1 Å². The first-order valence-corrected chi connectivity index (χ1v) is 8.17. The number of rotatable bonds is 9. The zero-order chi connectivity index (χ0) is 18.1. The average Bonchev–Trinajstić information content (AvgIpc) is 2.66. The number of aryl methyl sites for hydroxylation is 1. The molecule has 0 amide bonds. The van der Waals surface area contributed by atoms with E-state index >= 15 is 0 Å². The number of benzene rings is 2. The molecule has 0 spiro atoms. The highest BCUT2D eigenvalue weighted by Crippen LogP contribution is 2.40. The second kappa shape index (κ2) is 9.57. The Hall–Kier alpha value is -2.69. The predicted molar refractivity (Wildman–Crippen MR) is 95.5 cm³/mol. The number of ether oxygens (including phenoxy) is 4. The van der Waals surface area contributed by atoms with Crippen molar-refractivity contribution in [2.24, 2.45) is 0 Å². The molecule has 2 aromatic carbocycles. The summed E-state index contributed by atoms with van der Waals surface area (Å²) in [7, 11) is 4.70. The van der Waals surface area contributed by atoms with Crippen molar-refractivity contribution in [2.75, 3.05) is 27.9 Å². The van der Waals surface area contributed by atoms with Gasteiger partial charge in [0.15, 0.2) is 11.5 Å². The maximum absolute atomic E-state index is 12.0. The molecule has 0 aliphatic rings. The molecule has 0 aromatic heterocycles. The third kappa shape index (κ3) is 5.14. The average molecular weight is 344 g/mol. The first-order valence-electron chi connectivity index (χ1n) is 8.17.